The quantitative estimate of drug-likeness (QED) is 0.543. The number of anilines is 1. The van der Waals surface area contributed by atoms with Crippen molar-refractivity contribution < 1.29 is 9.53 Å². The molecule has 1 amide bonds. The Morgan fingerprint density at radius 1 is 1.12 bits per heavy atom. The average molecular weight is 464 g/mol. The van der Waals surface area contributed by atoms with Crippen molar-refractivity contribution >= 4 is 22.9 Å². The molecule has 7 nitrogen and oxygen atoms in total. The molecule has 1 saturated heterocycles. The van der Waals surface area contributed by atoms with Crippen LogP contribution in [0.15, 0.2) is 30.3 Å². The molecule has 1 aliphatic rings. The first-order valence-corrected chi connectivity index (χ1v) is 12.3. The number of piperidine rings is 1. The van der Waals surface area contributed by atoms with Gasteiger partial charge in [0.1, 0.15) is 16.9 Å². The SMILES string of the molecule is CCc1nc2c(C)cc(C)nc2n1Cc1ccc(NC2CCN(C(=O)OC(C)(C)C)CC2)cc1. The third-order valence-electron chi connectivity index (χ3n) is 6.23. The molecule has 1 fully saturated rings. The maximum atomic E-state index is 12.3. The molecule has 1 aromatic carbocycles. The predicted octanol–water partition coefficient (Wildman–Crippen LogP) is 5.47. The molecule has 1 N–H and O–H groups in total. The molecule has 1 aliphatic heterocycles. The lowest BCUT2D eigenvalue weighted by Crippen LogP contribution is -2.44. The molecule has 34 heavy (non-hydrogen) atoms. The maximum absolute atomic E-state index is 12.3. The molecule has 3 aromatic rings. The number of nitrogens with one attached hydrogen (secondary N) is 1. The Balaban J connectivity index is 1.38. The number of aromatic nitrogens is 3. The first-order chi connectivity index (χ1) is 16.1. The monoisotopic (exact) mass is 463 g/mol. The van der Waals surface area contributed by atoms with Crippen molar-refractivity contribution in [3.8, 4) is 0 Å². The number of amides is 1. The van der Waals surface area contributed by atoms with E-state index in [-0.39, 0.29) is 6.09 Å². The average Bonchev–Trinajstić information content (AvgIpc) is 3.12. The number of imidazole rings is 1. The van der Waals surface area contributed by atoms with Crippen LogP contribution < -0.4 is 5.32 Å². The minimum atomic E-state index is -0.456. The van der Waals surface area contributed by atoms with Crippen molar-refractivity contribution in [1.82, 2.24) is 19.4 Å². The predicted molar refractivity (Wildman–Crippen MR) is 136 cm³/mol. The van der Waals surface area contributed by atoms with Gasteiger partial charge >= 0.3 is 6.09 Å². The first kappa shape index (κ1) is 24.0. The zero-order chi connectivity index (χ0) is 24.5. The molecule has 0 atom stereocenters. The number of hydrogen-bond donors (Lipinski definition) is 1. The van der Waals surface area contributed by atoms with Crippen LogP contribution in [0.25, 0.3) is 11.2 Å². The first-order valence-electron chi connectivity index (χ1n) is 12.3. The standard InChI is InChI=1S/C27H37N5O2/c1-7-23-30-24-18(2)16-19(3)28-25(24)32(23)17-20-8-10-21(11-9-20)29-22-12-14-31(15-13-22)26(33)34-27(4,5)6/h8-11,16,22,29H,7,12-15,17H2,1-6H3. The van der Waals surface area contributed by atoms with Gasteiger partial charge < -0.3 is 19.5 Å². The zero-order valence-electron chi connectivity index (χ0n) is 21.3. The molecule has 2 aromatic heterocycles. The van der Waals surface area contributed by atoms with Crippen LogP contribution >= 0.6 is 0 Å². The fourth-order valence-electron chi connectivity index (χ4n) is 4.54. The Kier molecular flexibility index (Phi) is 6.82. The second-order valence-electron chi connectivity index (χ2n) is 10.3. The molecule has 0 saturated carbocycles. The summed E-state index contributed by atoms with van der Waals surface area (Å²) in [4.78, 5) is 23.7. The lowest BCUT2D eigenvalue weighted by Gasteiger charge is -2.34. The number of ether oxygens (including phenoxy) is 1. The highest BCUT2D eigenvalue weighted by atomic mass is 16.6. The fraction of sp³-hybridized carbons (Fsp3) is 0.519. The smallest absolute Gasteiger partial charge is 0.410 e. The molecule has 0 aliphatic carbocycles. The third-order valence-corrected chi connectivity index (χ3v) is 6.23. The molecular formula is C27H37N5O2. The van der Waals surface area contributed by atoms with E-state index in [1.807, 2.05) is 32.6 Å². The lowest BCUT2D eigenvalue weighted by atomic mass is 10.0. The Morgan fingerprint density at radius 3 is 2.41 bits per heavy atom. The largest absolute Gasteiger partial charge is 0.444 e. The van der Waals surface area contributed by atoms with Crippen LogP contribution in [-0.4, -0.2) is 50.3 Å². The van der Waals surface area contributed by atoms with Crippen molar-refractivity contribution in [2.45, 2.75) is 79.0 Å². The van der Waals surface area contributed by atoms with Crippen LogP contribution in [0.2, 0.25) is 0 Å². The van der Waals surface area contributed by atoms with Gasteiger partial charge in [-0.1, -0.05) is 19.1 Å². The fourth-order valence-corrected chi connectivity index (χ4v) is 4.54. The molecule has 7 heteroatoms. The number of nitrogens with zero attached hydrogens (tertiary/aromatic N) is 4. The number of pyridine rings is 1. The second kappa shape index (κ2) is 9.65. The van der Waals surface area contributed by atoms with E-state index in [1.54, 1.807) is 0 Å². The molecule has 0 unspecified atom stereocenters. The summed E-state index contributed by atoms with van der Waals surface area (Å²) in [6, 6.07) is 11.1. The van der Waals surface area contributed by atoms with Crippen molar-refractivity contribution in [2.75, 3.05) is 18.4 Å². The van der Waals surface area contributed by atoms with E-state index in [1.165, 1.54) is 11.1 Å². The molecule has 3 heterocycles. The number of hydrogen-bond acceptors (Lipinski definition) is 5. The summed E-state index contributed by atoms with van der Waals surface area (Å²) in [7, 11) is 0. The molecule has 4 rings (SSSR count). The zero-order valence-corrected chi connectivity index (χ0v) is 21.3. The molecule has 0 radical (unpaired) electrons. The van der Waals surface area contributed by atoms with Gasteiger partial charge in [-0.05, 0) is 76.8 Å². The van der Waals surface area contributed by atoms with Gasteiger partial charge in [-0.15, -0.1) is 0 Å². The summed E-state index contributed by atoms with van der Waals surface area (Å²) in [5, 5.41) is 3.63. The van der Waals surface area contributed by atoms with Gasteiger partial charge in [0, 0.05) is 36.9 Å². The summed E-state index contributed by atoms with van der Waals surface area (Å²) in [5.74, 6) is 1.06. The number of carbonyl (C=O) groups is 1. The van der Waals surface area contributed by atoms with Gasteiger partial charge in [-0.2, -0.15) is 0 Å². The van der Waals surface area contributed by atoms with E-state index in [4.69, 9.17) is 14.7 Å². The van der Waals surface area contributed by atoms with Crippen LogP contribution in [0.3, 0.4) is 0 Å². The van der Waals surface area contributed by atoms with E-state index < -0.39 is 5.60 Å². The van der Waals surface area contributed by atoms with Gasteiger partial charge in [0.25, 0.3) is 0 Å². The van der Waals surface area contributed by atoms with Crippen LogP contribution in [0, 0.1) is 13.8 Å². The second-order valence-corrected chi connectivity index (χ2v) is 10.3. The molecule has 0 bridgehead atoms. The van der Waals surface area contributed by atoms with Gasteiger partial charge in [-0.25, -0.2) is 14.8 Å². The summed E-state index contributed by atoms with van der Waals surface area (Å²) in [6.07, 6.45) is 2.48. The maximum Gasteiger partial charge on any atom is 0.410 e. The highest BCUT2D eigenvalue weighted by Gasteiger charge is 2.26. The Labute approximate surface area is 202 Å². The number of benzene rings is 1. The van der Waals surface area contributed by atoms with Gasteiger partial charge in [0.2, 0.25) is 0 Å². The van der Waals surface area contributed by atoms with Gasteiger partial charge in [-0.3, -0.25) is 0 Å². The van der Waals surface area contributed by atoms with E-state index in [9.17, 15) is 4.79 Å². The van der Waals surface area contributed by atoms with Crippen LogP contribution in [-0.2, 0) is 17.7 Å². The third kappa shape index (κ3) is 5.51. The molecule has 0 spiro atoms. The Hall–Kier alpha value is -3.09. The van der Waals surface area contributed by atoms with Crippen molar-refractivity contribution in [1.29, 1.82) is 0 Å². The minimum Gasteiger partial charge on any atom is -0.444 e. The summed E-state index contributed by atoms with van der Waals surface area (Å²) < 4.78 is 7.74. The molecular weight excluding hydrogens is 426 g/mol. The normalized spacial score (nSPS) is 15.1. The van der Waals surface area contributed by atoms with Crippen molar-refractivity contribution in [3.05, 3.63) is 53.0 Å². The van der Waals surface area contributed by atoms with E-state index in [0.29, 0.717) is 19.1 Å². The van der Waals surface area contributed by atoms with E-state index in [2.05, 4.69) is 54.1 Å². The van der Waals surface area contributed by atoms with E-state index in [0.717, 1.165) is 54.2 Å². The van der Waals surface area contributed by atoms with Crippen LogP contribution in [0.1, 0.15) is 63.2 Å². The number of rotatable bonds is 5. The highest BCUT2D eigenvalue weighted by Crippen LogP contribution is 2.23. The Morgan fingerprint density at radius 2 is 1.79 bits per heavy atom. The minimum absolute atomic E-state index is 0.214. The Bertz CT molecular complexity index is 1150. The number of likely N-dealkylation sites (tertiary alicyclic amines) is 1. The summed E-state index contributed by atoms with van der Waals surface area (Å²) >= 11 is 0. The summed E-state index contributed by atoms with van der Waals surface area (Å²) in [5.41, 5.74) is 6.03. The van der Waals surface area contributed by atoms with Crippen molar-refractivity contribution in [2.24, 2.45) is 0 Å². The van der Waals surface area contributed by atoms with E-state index >= 15 is 0 Å². The van der Waals surface area contributed by atoms with Gasteiger partial charge in [0.05, 0.1) is 6.54 Å². The number of fused-ring (bicyclic) bond motifs is 1. The van der Waals surface area contributed by atoms with Crippen LogP contribution in [0.5, 0.6) is 0 Å². The number of aryl methyl sites for hydroxylation is 3. The number of carbonyl (C=O) groups excluding carboxylic acids is 1. The highest BCUT2D eigenvalue weighted by molar-refractivity contribution is 5.76. The lowest BCUT2D eigenvalue weighted by molar-refractivity contribution is 0.0210. The topological polar surface area (TPSA) is 72.3 Å². The van der Waals surface area contributed by atoms with Gasteiger partial charge in [0.15, 0.2) is 5.65 Å². The summed E-state index contributed by atoms with van der Waals surface area (Å²) in [6.45, 7) is 14.2. The molecule has 182 valence electrons. The van der Waals surface area contributed by atoms with Crippen molar-refractivity contribution in [3.63, 3.8) is 0 Å². The van der Waals surface area contributed by atoms with Crippen LogP contribution in [0.4, 0.5) is 10.5 Å².